The lowest BCUT2D eigenvalue weighted by molar-refractivity contribution is -0.130. The minimum absolute atomic E-state index is 0. The molecule has 0 unspecified atom stereocenters. The van der Waals surface area contributed by atoms with Crippen molar-refractivity contribution < 1.29 is 9.53 Å². The zero-order valence-electron chi connectivity index (χ0n) is 15.8. The van der Waals surface area contributed by atoms with Gasteiger partial charge in [-0.1, -0.05) is 34.1 Å². The summed E-state index contributed by atoms with van der Waals surface area (Å²) in [5, 5.41) is 6.37. The van der Waals surface area contributed by atoms with Gasteiger partial charge in [0.25, 0.3) is 0 Å². The molecule has 0 radical (unpaired) electrons. The first-order chi connectivity index (χ1) is 12.1. The number of hydrogen-bond donors (Lipinski definition) is 2. The van der Waals surface area contributed by atoms with Gasteiger partial charge in [-0.15, -0.1) is 24.0 Å². The van der Waals surface area contributed by atoms with Crippen LogP contribution in [0.1, 0.15) is 25.3 Å². The number of aliphatic imine (C=N–C) groups is 1. The normalized spacial score (nSPS) is 10.8. The first kappa shape index (κ1) is 25.1. The van der Waals surface area contributed by atoms with E-state index in [1.54, 1.807) is 11.9 Å². The Morgan fingerprint density at radius 1 is 1.27 bits per heavy atom. The predicted octanol–water partition coefficient (Wildman–Crippen LogP) is 3.01. The second-order valence-corrected chi connectivity index (χ2v) is 6.42. The summed E-state index contributed by atoms with van der Waals surface area (Å²) in [5.41, 5.74) is 1.10. The van der Waals surface area contributed by atoms with Crippen LogP contribution in [-0.2, 0) is 16.1 Å². The summed E-state index contributed by atoms with van der Waals surface area (Å²) in [6, 6.07) is 7.93. The van der Waals surface area contributed by atoms with E-state index in [9.17, 15) is 4.79 Å². The van der Waals surface area contributed by atoms with Crippen LogP contribution in [0.3, 0.4) is 0 Å². The number of amides is 1. The molecule has 0 saturated carbocycles. The molecule has 0 saturated heterocycles. The highest BCUT2D eigenvalue weighted by Gasteiger charge is 2.10. The maximum Gasteiger partial charge on any atom is 0.224 e. The first-order valence-electron chi connectivity index (χ1n) is 8.58. The summed E-state index contributed by atoms with van der Waals surface area (Å²) in [4.78, 5) is 18.1. The second kappa shape index (κ2) is 15.2. The van der Waals surface area contributed by atoms with E-state index in [4.69, 9.17) is 4.74 Å². The molecule has 0 atom stereocenters. The van der Waals surface area contributed by atoms with Crippen molar-refractivity contribution in [2.75, 3.05) is 40.4 Å². The predicted molar refractivity (Wildman–Crippen MR) is 121 cm³/mol. The molecule has 1 aromatic rings. The molecule has 0 aliphatic rings. The Balaban J connectivity index is 0.00000625. The third kappa shape index (κ3) is 10.3. The molecule has 8 heteroatoms. The SMILES string of the molecule is CCOCCCNC(=NC)NCCC(=O)N(C)Cc1ccccc1Br.I. The van der Waals surface area contributed by atoms with Gasteiger partial charge in [0.1, 0.15) is 0 Å². The largest absolute Gasteiger partial charge is 0.382 e. The quantitative estimate of drug-likeness (QED) is 0.207. The molecule has 26 heavy (non-hydrogen) atoms. The van der Waals surface area contributed by atoms with Gasteiger partial charge < -0.3 is 20.3 Å². The third-order valence-electron chi connectivity index (χ3n) is 3.61. The minimum Gasteiger partial charge on any atom is -0.382 e. The summed E-state index contributed by atoms with van der Waals surface area (Å²) < 4.78 is 6.31. The maximum absolute atomic E-state index is 12.3. The van der Waals surface area contributed by atoms with E-state index in [1.807, 2.05) is 38.2 Å². The Labute approximate surface area is 182 Å². The molecule has 0 aliphatic carbocycles. The molecule has 2 N–H and O–H groups in total. The van der Waals surface area contributed by atoms with Gasteiger partial charge in [0.05, 0.1) is 0 Å². The zero-order valence-corrected chi connectivity index (χ0v) is 19.7. The molecule has 1 rings (SSSR count). The van der Waals surface area contributed by atoms with Crippen molar-refractivity contribution in [2.24, 2.45) is 4.99 Å². The monoisotopic (exact) mass is 540 g/mol. The number of hydrogen-bond acceptors (Lipinski definition) is 3. The average Bonchev–Trinajstić information content (AvgIpc) is 2.61. The number of nitrogens with one attached hydrogen (secondary N) is 2. The molecule has 0 spiro atoms. The summed E-state index contributed by atoms with van der Waals surface area (Å²) in [6.45, 7) is 5.38. The van der Waals surface area contributed by atoms with Gasteiger partial charge in [-0.3, -0.25) is 9.79 Å². The first-order valence-corrected chi connectivity index (χ1v) is 9.37. The van der Waals surface area contributed by atoms with E-state index in [2.05, 4.69) is 31.6 Å². The van der Waals surface area contributed by atoms with Crippen LogP contribution in [0, 0.1) is 0 Å². The van der Waals surface area contributed by atoms with Crippen molar-refractivity contribution in [1.29, 1.82) is 0 Å². The highest BCUT2D eigenvalue weighted by atomic mass is 127. The van der Waals surface area contributed by atoms with Crippen molar-refractivity contribution in [3.8, 4) is 0 Å². The van der Waals surface area contributed by atoms with Crippen LogP contribution in [0.2, 0.25) is 0 Å². The molecule has 148 valence electrons. The molecule has 0 aliphatic heterocycles. The highest BCUT2D eigenvalue weighted by Crippen LogP contribution is 2.17. The molecule has 0 heterocycles. The van der Waals surface area contributed by atoms with Crippen LogP contribution in [-0.4, -0.2) is 57.2 Å². The van der Waals surface area contributed by atoms with Crippen LogP contribution < -0.4 is 10.6 Å². The number of carbonyl (C=O) groups excluding carboxylic acids is 1. The number of ether oxygens (including phenoxy) is 1. The molecular formula is C18H30BrIN4O2. The van der Waals surface area contributed by atoms with Crippen molar-refractivity contribution >= 4 is 51.8 Å². The van der Waals surface area contributed by atoms with E-state index in [-0.39, 0.29) is 29.9 Å². The number of rotatable bonds is 10. The maximum atomic E-state index is 12.3. The molecular weight excluding hydrogens is 511 g/mol. The Kier molecular flexibility index (Phi) is 14.7. The molecule has 1 aromatic carbocycles. The number of benzene rings is 1. The van der Waals surface area contributed by atoms with E-state index in [1.165, 1.54) is 0 Å². The summed E-state index contributed by atoms with van der Waals surface area (Å²) in [7, 11) is 3.54. The summed E-state index contributed by atoms with van der Waals surface area (Å²) >= 11 is 3.51. The Morgan fingerprint density at radius 3 is 2.62 bits per heavy atom. The number of nitrogens with zero attached hydrogens (tertiary/aromatic N) is 2. The molecule has 0 fully saturated rings. The van der Waals surface area contributed by atoms with E-state index in [0.29, 0.717) is 25.5 Å². The minimum atomic E-state index is 0. The van der Waals surface area contributed by atoms with Gasteiger partial charge in [0.2, 0.25) is 5.91 Å². The summed E-state index contributed by atoms with van der Waals surface area (Å²) in [6.07, 6.45) is 1.34. The lowest BCUT2D eigenvalue weighted by Crippen LogP contribution is -2.40. The fourth-order valence-electron chi connectivity index (χ4n) is 2.19. The van der Waals surface area contributed by atoms with E-state index >= 15 is 0 Å². The smallest absolute Gasteiger partial charge is 0.224 e. The number of guanidine groups is 1. The van der Waals surface area contributed by atoms with Crippen molar-refractivity contribution in [2.45, 2.75) is 26.3 Å². The molecule has 0 bridgehead atoms. The Bertz CT molecular complexity index is 558. The lowest BCUT2D eigenvalue weighted by Gasteiger charge is -2.19. The Morgan fingerprint density at radius 2 is 1.96 bits per heavy atom. The molecule has 1 amide bonds. The van der Waals surface area contributed by atoms with Crippen LogP contribution in [0.5, 0.6) is 0 Å². The van der Waals surface area contributed by atoms with Gasteiger partial charge in [-0.05, 0) is 25.0 Å². The van der Waals surface area contributed by atoms with Crippen LogP contribution in [0.15, 0.2) is 33.7 Å². The summed E-state index contributed by atoms with van der Waals surface area (Å²) in [5.74, 6) is 0.799. The number of halogens is 2. The van der Waals surface area contributed by atoms with Gasteiger partial charge in [-0.2, -0.15) is 0 Å². The second-order valence-electron chi connectivity index (χ2n) is 5.57. The van der Waals surface area contributed by atoms with Gasteiger partial charge in [0, 0.05) is 57.8 Å². The standard InChI is InChI=1S/C18H29BrN4O2.HI/c1-4-25-13-7-11-21-18(20-2)22-12-10-17(24)23(3)14-15-8-5-6-9-16(15)19;/h5-6,8-9H,4,7,10-14H2,1-3H3,(H2,20,21,22);1H. The van der Waals surface area contributed by atoms with E-state index < -0.39 is 0 Å². The van der Waals surface area contributed by atoms with Gasteiger partial charge >= 0.3 is 0 Å². The highest BCUT2D eigenvalue weighted by molar-refractivity contribution is 14.0. The average molecular weight is 541 g/mol. The van der Waals surface area contributed by atoms with Crippen molar-refractivity contribution in [3.63, 3.8) is 0 Å². The third-order valence-corrected chi connectivity index (χ3v) is 4.38. The number of carbonyl (C=O) groups is 1. The zero-order chi connectivity index (χ0) is 18.5. The van der Waals surface area contributed by atoms with Crippen LogP contribution in [0.25, 0.3) is 0 Å². The fraction of sp³-hybridized carbons (Fsp3) is 0.556. The van der Waals surface area contributed by atoms with Gasteiger partial charge in [0.15, 0.2) is 5.96 Å². The van der Waals surface area contributed by atoms with Gasteiger partial charge in [-0.25, -0.2) is 0 Å². The van der Waals surface area contributed by atoms with E-state index in [0.717, 1.165) is 36.2 Å². The lowest BCUT2D eigenvalue weighted by atomic mass is 10.2. The van der Waals surface area contributed by atoms with Crippen molar-refractivity contribution in [3.05, 3.63) is 34.3 Å². The van der Waals surface area contributed by atoms with Crippen LogP contribution >= 0.6 is 39.9 Å². The van der Waals surface area contributed by atoms with Crippen LogP contribution in [0.4, 0.5) is 0 Å². The van der Waals surface area contributed by atoms with Crippen molar-refractivity contribution in [1.82, 2.24) is 15.5 Å². The molecule has 6 nitrogen and oxygen atoms in total. The fourth-order valence-corrected chi connectivity index (χ4v) is 2.61. The molecule has 0 aromatic heterocycles. The Hall–Kier alpha value is -0.870. The topological polar surface area (TPSA) is 66.0 Å².